The summed E-state index contributed by atoms with van der Waals surface area (Å²) < 4.78 is 16.9. The maximum atomic E-state index is 12.0. The molecule has 0 unspecified atom stereocenters. The summed E-state index contributed by atoms with van der Waals surface area (Å²) in [5.41, 5.74) is 2.40. The van der Waals surface area contributed by atoms with Gasteiger partial charge in [0.15, 0.2) is 0 Å². The molecule has 1 aliphatic heterocycles. The van der Waals surface area contributed by atoms with Crippen LogP contribution in [0.4, 0.5) is 0 Å². The molecule has 2 rings (SSSR count). The minimum atomic E-state index is -2.03. The molecule has 5 heteroatoms. The molecule has 21 heavy (non-hydrogen) atoms. The Kier molecular flexibility index (Phi) is 3.82. The molecule has 1 aromatic carbocycles. The summed E-state index contributed by atoms with van der Waals surface area (Å²) in [5, 5.41) is 0.0561. The van der Waals surface area contributed by atoms with Gasteiger partial charge in [0, 0.05) is 11.6 Å². The number of fused-ring (bicyclic) bond motifs is 1. The third-order valence-corrected chi connectivity index (χ3v) is 8.92. The standard InChI is InChI=1S/C16H24O4Si/c1-10-11-9-19-15(17)14(11)13(8-12(10)18-5)20-21(6,7)16(2,3)4/h8H,9H2,1-7H3. The van der Waals surface area contributed by atoms with Crippen LogP contribution in [0.5, 0.6) is 11.5 Å². The Morgan fingerprint density at radius 3 is 2.38 bits per heavy atom. The molecule has 0 saturated carbocycles. The zero-order chi connectivity index (χ0) is 16.0. The number of benzene rings is 1. The second-order valence-electron chi connectivity index (χ2n) is 6.99. The third kappa shape index (κ3) is 2.66. The van der Waals surface area contributed by atoms with Gasteiger partial charge in [0.25, 0.3) is 8.32 Å². The molecular weight excluding hydrogens is 284 g/mol. The fourth-order valence-electron chi connectivity index (χ4n) is 2.12. The summed E-state index contributed by atoms with van der Waals surface area (Å²) in [5.74, 6) is 1.03. The highest BCUT2D eigenvalue weighted by Gasteiger charge is 2.41. The van der Waals surface area contributed by atoms with Crippen LogP contribution >= 0.6 is 0 Å². The predicted octanol–water partition coefficient (Wildman–Crippen LogP) is 4.06. The Hall–Kier alpha value is -1.49. The lowest BCUT2D eigenvalue weighted by atomic mass is 10.0. The van der Waals surface area contributed by atoms with Gasteiger partial charge < -0.3 is 13.9 Å². The van der Waals surface area contributed by atoms with Gasteiger partial charge in [0.1, 0.15) is 23.7 Å². The normalized spacial score (nSPS) is 14.7. The summed E-state index contributed by atoms with van der Waals surface area (Å²) in [6.07, 6.45) is 0. The van der Waals surface area contributed by atoms with Crippen LogP contribution < -0.4 is 9.16 Å². The molecule has 0 amide bonds. The minimum Gasteiger partial charge on any atom is -0.543 e. The number of carbonyl (C=O) groups excluding carboxylic acids is 1. The van der Waals surface area contributed by atoms with E-state index in [1.807, 2.05) is 13.0 Å². The number of rotatable bonds is 3. The predicted molar refractivity (Wildman–Crippen MR) is 84.7 cm³/mol. The van der Waals surface area contributed by atoms with Gasteiger partial charge in [0.05, 0.1) is 7.11 Å². The number of cyclic esters (lactones) is 1. The molecule has 0 fully saturated rings. The first kappa shape index (κ1) is 15.9. The second kappa shape index (κ2) is 5.05. The van der Waals surface area contributed by atoms with Crippen LogP contribution in [0.15, 0.2) is 6.07 Å². The van der Waals surface area contributed by atoms with Gasteiger partial charge in [-0.15, -0.1) is 0 Å². The maximum Gasteiger partial charge on any atom is 0.342 e. The Bertz CT molecular complexity index is 585. The quantitative estimate of drug-likeness (QED) is 0.624. The lowest BCUT2D eigenvalue weighted by molar-refractivity contribution is 0.0533. The van der Waals surface area contributed by atoms with E-state index in [2.05, 4.69) is 33.9 Å². The summed E-state index contributed by atoms with van der Waals surface area (Å²) in [6, 6.07) is 1.82. The highest BCUT2D eigenvalue weighted by molar-refractivity contribution is 6.74. The van der Waals surface area contributed by atoms with Crippen molar-refractivity contribution in [1.82, 2.24) is 0 Å². The average Bonchev–Trinajstić information content (AvgIpc) is 2.74. The molecule has 0 bridgehead atoms. The van der Waals surface area contributed by atoms with Crippen molar-refractivity contribution in [1.29, 1.82) is 0 Å². The van der Waals surface area contributed by atoms with Crippen LogP contribution in [0.2, 0.25) is 18.1 Å². The van der Waals surface area contributed by atoms with Crippen molar-refractivity contribution in [2.75, 3.05) is 7.11 Å². The molecule has 0 N–H and O–H groups in total. The molecule has 0 saturated heterocycles. The summed E-state index contributed by atoms with van der Waals surface area (Å²) in [6.45, 7) is 13.1. The lowest BCUT2D eigenvalue weighted by Crippen LogP contribution is -2.44. The minimum absolute atomic E-state index is 0.0561. The molecular formula is C16H24O4Si. The van der Waals surface area contributed by atoms with E-state index < -0.39 is 8.32 Å². The van der Waals surface area contributed by atoms with Gasteiger partial charge in [-0.3, -0.25) is 0 Å². The van der Waals surface area contributed by atoms with Gasteiger partial charge in [-0.1, -0.05) is 20.8 Å². The zero-order valence-corrected chi connectivity index (χ0v) is 14.9. The summed E-state index contributed by atoms with van der Waals surface area (Å²) >= 11 is 0. The Labute approximate surface area is 127 Å². The van der Waals surface area contributed by atoms with Crippen LogP contribution in [0, 0.1) is 6.92 Å². The molecule has 0 aliphatic carbocycles. The van der Waals surface area contributed by atoms with Crippen molar-refractivity contribution in [2.24, 2.45) is 0 Å². The van der Waals surface area contributed by atoms with E-state index in [9.17, 15) is 4.79 Å². The van der Waals surface area contributed by atoms with E-state index in [0.29, 0.717) is 17.9 Å². The van der Waals surface area contributed by atoms with E-state index in [4.69, 9.17) is 13.9 Å². The van der Waals surface area contributed by atoms with E-state index >= 15 is 0 Å². The van der Waals surface area contributed by atoms with Crippen molar-refractivity contribution in [2.45, 2.75) is 52.4 Å². The number of hydrogen-bond donors (Lipinski definition) is 0. The first-order chi connectivity index (χ1) is 9.58. The number of ether oxygens (including phenoxy) is 2. The molecule has 116 valence electrons. The molecule has 1 aromatic rings. The Morgan fingerprint density at radius 2 is 1.86 bits per heavy atom. The van der Waals surface area contributed by atoms with Gasteiger partial charge in [0.2, 0.25) is 0 Å². The topological polar surface area (TPSA) is 44.8 Å². The number of carbonyl (C=O) groups is 1. The van der Waals surface area contributed by atoms with Crippen molar-refractivity contribution < 1.29 is 18.7 Å². The van der Waals surface area contributed by atoms with Crippen LogP contribution in [-0.2, 0) is 11.3 Å². The second-order valence-corrected chi connectivity index (χ2v) is 11.7. The van der Waals surface area contributed by atoms with Crippen LogP contribution in [0.1, 0.15) is 42.3 Å². The van der Waals surface area contributed by atoms with E-state index in [0.717, 1.165) is 16.9 Å². The monoisotopic (exact) mass is 308 g/mol. The third-order valence-electron chi connectivity index (χ3n) is 4.58. The van der Waals surface area contributed by atoms with Crippen molar-refractivity contribution >= 4 is 14.3 Å². The van der Waals surface area contributed by atoms with Gasteiger partial charge in [-0.2, -0.15) is 0 Å². The Morgan fingerprint density at radius 1 is 1.24 bits per heavy atom. The largest absolute Gasteiger partial charge is 0.543 e. The molecule has 1 heterocycles. The molecule has 0 aromatic heterocycles. The molecule has 1 aliphatic rings. The van der Waals surface area contributed by atoms with Gasteiger partial charge in [-0.05, 0) is 30.6 Å². The smallest absolute Gasteiger partial charge is 0.342 e. The molecule has 0 radical (unpaired) electrons. The van der Waals surface area contributed by atoms with Crippen LogP contribution in [0.25, 0.3) is 0 Å². The fourth-order valence-corrected chi connectivity index (χ4v) is 3.14. The van der Waals surface area contributed by atoms with Crippen molar-refractivity contribution in [3.05, 3.63) is 22.8 Å². The fraction of sp³-hybridized carbons (Fsp3) is 0.562. The molecule has 0 spiro atoms. The molecule has 0 atom stereocenters. The first-order valence-corrected chi connectivity index (χ1v) is 10.1. The first-order valence-electron chi connectivity index (χ1n) is 7.15. The van der Waals surface area contributed by atoms with E-state index in [1.54, 1.807) is 7.11 Å². The highest BCUT2D eigenvalue weighted by Crippen LogP contribution is 2.42. The number of hydrogen-bond acceptors (Lipinski definition) is 4. The molecule has 4 nitrogen and oxygen atoms in total. The summed E-state index contributed by atoms with van der Waals surface area (Å²) in [7, 11) is -0.407. The van der Waals surface area contributed by atoms with E-state index in [1.165, 1.54) is 0 Å². The maximum absolute atomic E-state index is 12.0. The highest BCUT2D eigenvalue weighted by atomic mass is 28.4. The van der Waals surface area contributed by atoms with E-state index in [-0.39, 0.29) is 11.0 Å². The number of esters is 1. The van der Waals surface area contributed by atoms with Crippen LogP contribution in [-0.4, -0.2) is 21.4 Å². The van der Waals surface area contributed by atoms with Crippen LogP contribution in [0.3, 0.4) is 0 Å². The number of methoxy groups -OCH3 is 1. The van der Waals surface area contributed by atoms with Gasteiger partial charge in [-0.25, -0.2) is 4.79 Å². The Balaban J connectivity index is 2.55. The lowest BCUT2D eigenvalue weighted by Gasteiger charge is -2.37. The van der Waals surface area contributed by atoms with Gasteiger partial charge >= 0.3 is 5.97 Å². The average molecular weight is 308 g/mol. The van der Waals surface area contributed by atoms with Crippen molar-refractivity contribution in [3.8, 4) is 11.5 Å². The van der Waals surface area contributed by atoms with Crippen molar-refractivity contribution in [3.63, 3.8) is 0 Å². The zero-order valence-electron chi connectivity index (χ0n) is 13.9. The summed E-state index contributed by atoms with van der Waals surface area (Å²) in [4.78, 5) is 12.0. The SMILES string of the molecule is COc1cc(O[Si](C)(C)C(C)(C)C)c2c(c1C)COC2=O.